The molecule has 2 aliphatic heterocycles. The maximum absolute atomic E-state index is 13.0. The topological polar surface area (TPSA) is 146 Å². The van der Waals surface area contributed by atoms with Crippen molar-refractivity contribution in [3.63, 3.8) is 0 Å². The smallest absolute Gasteiger partial charge is 0.410 e. The van der Waals surface area contributed by atoms with Gasteiger partial charge < -0.3 is 24.8 Å². The third-order valence-electron chi connectivity index (χ3n) is 13.0. The molecule has 4 aromatic heterocycles. The molecule has 15 nitrogen and oxygen atoms in total. The van der Waals surface area contributed by atoms with Crippen LogP contribution in [0.3, 0.4) is 0 Å². The first-order valence-corrected chi connectivity index (χ1v) is 25.8. The van der Waals surface area contributed by atoms with Crippen molar-refractivity contribution in [1.29, 1.82) is 0 Å². The van der Waals surface area contributed by atoms with Gasteiger partial charge in [-0.3, -0.25) is 0 Å². The number of amides is 1. The van der Waals surface area contributed by atoms with E-state index in [9.17, 15) is 13.2 Å². The van der Waals surface area contributed by atoms with E-state index in [1.54, 1.807) is 41.6 Å². The van der Waals surface area contributed by atoms with Crippen LogP contribution < -0.4 is 15.1 Å². The minimum atomic E-state index is -3.59. The first-order chi connectivity index (χ1) is 33.4. The molecule has 4 atom stereocenters. The number of sulfonamides is 1. The highest BCUT2D eigenvalue weighted by atomic mass is 79.9. The van der Waals surface area contributed by atoms with Crippen LogP contribution in [0.1, 0.15) is 48.5 Å². The van der Waals surface area contributed by atoms with Crippen LogP contribution in [0, 0.1) is 0 Å². The number of aromatic nitrogens is 6. The zero-order chi connectivity index (χ0) is 49.6. The zero-order valence-corrected chi connectivity index (χ0v) is 43.5. The van der Waals surface area contributed by atoms with E-state index >= 15 is 0 Å². The van der Waals surface area contributed by atoms with E-state index in [1.165, 1.54) is 9.99 Å². The van der Waals surface area contributed by atoms with Crippen LogP contribution in [0.4, 0.5) is 16.2 Å². The Balaban J connectivity index is 0.000000179. The number of nitrogens with one attached hydrogen (secondary N) is 1. The van der Waals surface area contributed by atoms with Crippen molar-refractivity contribution in [2.24, 2.45) is 0 Å². The number of piperazine rings is 2. The van der Waals surface area contributed by atoms with Crippen LogP contribution >= 0.6 is 15.9 Å². The second kappa shape index (κ2) is 19.4. The Bertz CT molecular complexity index is 3280. The average molecular weight is 1030 g/mol. The maximum Gasteiger partial charge on any atom is 0.410 e. The van der Waals surface area contributed by atoms with Gasteiger partial charge in [0.1, 0.15) is 5.60 Å². The van der Waals surface area contributed by atoms with Crippen molar-refractivity contribution in [3.05, 3.63) is 127 Å². The Labute approximate surface area is 418 Å². The molecule has 364 valence electrons. The molecule has 8 aromatic rings. The molecule has 0 spiro atoms. The molecule has 0 bridgehead atoms. The van der Waals surface area contributed by atoms with Crippen LogP contribution in [0.5, 0.6) is 0 Å². The summed E-state index contributed by atoms with van der Waals surface area (Å²) < 4.78 is 37.2. The summed E-state index contributed by atoms with van der Waals surface area (Å²) in [7, 11) is -0.501. The van der Waals surface area contributed by atoms with Gasteiger partial charge in [0, 0.05) is 123 Å². The summed E-state index contributed by atoms with van der Waals surface area (Å²) in [6, 6.07) is 29.5. The highest BCUT2D eigenvalue weighted by Gasteiger charge is 2.34. The van der Waals surface area contributed by atoms with E-state index in [1.807, 2.05) is 80.8 Å². The van der Waals surface area contributed by atoms with Gasteiger partial charge in [0.15, 0.2) is 11.3 Å². The Kier molecular flexibility index (Phi) is 13.5. The summed E-state index contributed by atoms with van der Waals surface area (Å²) in [6.45, 7) is 17.7. The normalized spacial score (nSPS) is 18.9. The molecule has 0 saturated carbocycles. The Morgan fingerprint density at radius 3 is 1.73 bits per heavy atom. The Morgan fingerprint density at radius 1 is 0.657 bits per heavy atom. The fourth-order valence-electron chi connectivity index (χ4n) is 9.74. The lowest BCUT2D eigenvalue weighted by atomic mass is 10.00. The Hall–Kier alpha value is -6.40. The molecule has 17 heteroatoms. The highest BCUT2D eigenvalue weighted by molar-refractivity contribution is 9.10. The number of hydrogen-bond donors (Lipinski definition) is 1. The van der Waals surface area contributed by atoms with E-state index in [0.29, 0.717) is 36.2 Å². The second-order valence-electron chi connectivity index (χ2n) is 19.6. The highest BCUT2D eigenvalue weighted by Crippen LogP contribution is 2.36. The molecule has 0 aliphatic carbocycles. The van der Waals surface area contributed by atoms with Crippen LogP contribution in [0.25, 0.3) is 55.4 Å². The number of hydrogen-bond acceptors (Lipinski definition) is 11. The van der Waals surface area contributed by atoms with Crippen molar-refractivity contribution < 1.29 is 17.9 Å². The number of nitrogens with zero attached hydrogens (tertiary/aromatic N) is 10. The van der Waals surface area contributed by atoms with Crippen molar-refractivity contribution in [2.45, 2.75) is 83.1 Å². The predicted molar refractivity (Wildman–Crippen MR) is 282 cm³/mol. The van der Waals surface area contributed by atoms with E-state index in [2.05, 4.69) is 122 Å². The Morgan fingerprint density at radius 2 is 1.17 bits per heavy atom. The molecule has 0 radical (unpaired) electrons. The van der Waals surface area contributed by atoms with Gasteiger partial charge in [-0.1, -0.05) is 54.6 Å². The predicted octanol–water partition coefficient (Wildman–Crippen LogP) is 9.65. The molecular weight excluding hydrogens is 967 g/mol. The third-order valence-corrected chi connectivity index (χ3v) is 15.4. The van der Waals surface area contributed by atoms with Crippen molar-refractivity contribution in [1.82, 2.24) is 43.7 Å². The van der Waals surface area contributed by atoms with Crippen molar-refractivity contribution >= 4 is 65.5 Å². The minimum absolute atomic E-state index is 0.182. The van der Waals surface area contributed by atoms with Crippen molar-refractivity contribution in [3.8, 4) is 33.4 Å². The molecule has 70 heavy (non-hydrogen) atoms. The molecule has 10 rings (SSSR count). The fourth-order valence-corrected chi connectivity index (χ4v) is 11.2. The summed E-state index contributed by atoms with van der Waals surface area (Å²) in [6.07, 6.45) is 11.0. The number of halogens is 1. The molecule has 2 aliphatic rings. The number of ether oxygens (including phenoxy) is 1. The fraction of sp³-hybridized carbons (Fsp3) is 0.340. The van der Waals surface area contributed by atoms with Gasteiger partial charge in [-0.05, 0) is 117 Å². The minimum Gasteiger partial charge on any atom is -0.444 e. The molecule has 2 fully saturated rings. The second-order valence-corrected chi connectivity index (χ2v) is 22.5. The number of carbonyl (C=O) groups is 1. The SMILES string of the molecule is C[C@@H]1CN(C(=O)OC(C)(C)C)C[C@H](C)N1c1ccc(-c2cnc3c(Br)cnn3c2)cc1.C[C@@H]1CNC[C@H](C)N1c1ccc(-c2cnc3c(-c4ccc(S(=O)(=O)N(C)C)c5ccccc45)cnn3c2)cc1. The first-order valence-electron chi connectivity index (χ1n) is 23.6. The monoisotopic (exact) mass is 1030 g/mol. The van der Waals surface area contributed by atoms with Gasteiger partial charge in [-0.2, -0.15) is 10.2 Å². The van der Waals surface area contributed by atoms with Crippen LogP contribution in [0.15, 0.2) is 131 Å². The van der Waals surface area contributed by atoms with Crippen LogP contribution in [-0.4, -0.2) is 123 Å². The van der Waals surface area contributed by atoms with Crippen LogP contribution in [-0.2, 0) is 14.8 Å². The third kappa shape index (κ3) is 9.71. The number of rotatable bonds is 7. The van der Waals surface area contributed by atoms with E-state index in [0.717, 1.165) is 67.7 Å². The van der Waals surface area contributed by atoms with Gasteiger partial charge in [0.2, 0.25) is 10.0 Å². The molecule has 1 N–H and O–H groups in total. The number of anilines is 2. The number of carbonyl (C=O) groups excluding carboxylic acids is 1. The maximum atomic E-state index is 13.0. The number of fused-ring (bicyclic) bond motifs is 3. The molecule has 1 amide bonds. The van der Waals surface area contributed by atoms with E-state index < -0.39 is 15.6 Å². The summed E-state index contributed by atoms with van der Waals surface area (Å²) in [5.74, 6) is 0. The van der Waals surface area contributed by atoms with Gasteiger partial charge in [-0.25, -0.2) is 36.5 Å². The largest absolute Gasteiger partial charge is 0.444 e. The summed E-state index contributed by atoms with van der Waals surface area (Å²) >= 11 is 3.46. The van der Waals surface area contributed by atoms with Gasteiger partial charge in [0.05, 0.1) is 21.8 Å². The van der Waals surface area contributed by atoms with Gasteiger partial charge in [-0.15, -0.1) is 0 Å². The quantitative estimate of drug-likeness (QED) is 0.163. The van der Waals surface area contributed by atoms with Crippen molar-refractivity contribution in [2.75, 3.05) is 50.1 Å². The van der Waals surface area contributed by atoms with E-state index in [4.69, 9.17) is 9.72 Å². The average Bonchev–Trinajstić information content (AvgIpc) is 3.93. The number of benzene rings is 4. The lowest BCUT2D eigenvalue weighted by Crippen LogP contribution is -2.58. The molecule has 6 heterocycles. The standard InChI is InChI=1S/C30H32N6O2S.C23H28BrN5O2/c1-20-15-31-16-21(2)36(20)24-11-9-22(10-12-24)23-17-32-30-28(18-33-35(30)19-23)26-13-14-29(39(37,38)34(3)4)27-8-6-5-7-25(26)27;1-15-12-27(22(30)31-23(3,4)5)13-16(2)29(15)19-8-6-17(7-9-19)18-10-25-21-20(24)11-26-28(21)14-18/h5-14,17-21,31H,15-16H2,1-4H3;6-11,14-16H,12-13H2,1-5H3/t20-,21+;15-,16+. The van der Waals surface area contributed by atoms with E-state index in [-0.39, 0.29) is 23.1 Å². The lowest BCUT2D eigenvalue weighted by Gasteiger charge is -2.45. The summed E-state index contributed by atoms with van der Waals surface area (Å²) in [5.41, 5.74) is 9.27. The summed E-state index contributed by atoms with van der Waals surface area (Å²) in [5, 5.41) is 13.9. The molecule has 0 unspecified atom stereocenters. The first kappa shape index (κ1) is 48.6. The van der Waals surface area contributed by atoms with Crippen LogP contribution in [0.2, 0.25) is 0 Å². The lowest BCUT2D eigenvalue weighted by molar-refractivity contribution is 0.0193. The molecular formula is C53H60BrN11O4S. The molecule has 4 aromatic carbocycles. The van der Waals surface area contributed by atoms with Gasteiger partial charge in [0.25, 0.3) is 0 Å². The molecule has 2 saturated heterocycles. The zero-order valence-electron chi connectivity index (χ0n) is 41.1. The van der Waals surface area contributed by atoms with Gasteiger partial charge >= 0.3 is 6.09 Å². The summed E-state index contributed by atoms with van der Waals surface area (Å²) in [4.78, 5) is 28.7.